The van der Waals surface area contributed by atoms with Crippen LogP contribution in [-0.4, -0.2) is 31.3 Å². The minimum absolute atomic E-state index is 0.135. The average molecular weight is 493 g/mol. The molecule has 184 valence electrons. The molecule has 0 aliphatic heterocycles. The van der Waals surface area contributed by atoms with E-state index in [4.69, 9.17) is 16.5 Å². The first-order valence-electron chi connectivity index (χ1n) is 11.2. The number of alkyl halides is 3. The highest BCUT2D eigenvalue weighted by Gasteiger charge is 2.31. The lowest BCUT2D eigenvalue weighted by molar-refractivity contribution is -0.137. The Balaban J connectivity index is 1.44. The van der Waals surface area contributed by atoms with Crippen LogP contribution in [0.3, 0.4) is 0 Å². The molecule has 1 aliphatic carbocycles. The summed E-state index contributed by atoms with van der Waals surface area (Å²) in [4.78, 5) is 25.5. The molecule has 3 aromatic heterocycles. The van der Waals surface area contributed by atoms with Crippen LogP contribution in [0.15, 0.2) is 61.1 Å². The van der Waals surface area contributed by atoms with Crippen LogP contribution in [0, 0.1) is 0 Å². The van der Waals surface area contributed by atoms with E-state index >= 15 is 0 Å². The summed E-state index contributed by atoms with van der Waals surface area (Å²) in [6.07, 6.45) is 4.40. The van der Waals surface area contributed by atoms with Gasteiger partial charge in [0.2, 0.25) is 0 Å². The van der Waals surface area contributed by atoms with Gasteiger partial charge in [0.1, 0.15) is 28.7 Å². The molecule has 0 fully saturated rings. The summed E-state index contributed by atoms with van der Waals surface area (Å²) < 4.78 is 40.7. The monoisotopic (exact) mass is 493 g/mol. The molecule has 1 aliphatic rings. The molecule has 5 rings (SSSR count). The minimum Gasteiger partial charge on any atom is -0.382 e. The molecular weight excluding hydrogens is 471 g/mol. The van der Waals surface area contributed by atoms with Gasteiger partial charge in [0.25, 0.3) is 5.91 Å². The number of nitrogens with one attached hydrogen (secondary N) is 1. The Hall–Kier alpha value is -4.25. The molecule has 0 spiro atoms. The number of rotatable bonds is 4. The summed E-state index contributed by atoms with van der Waals surface area (Å²) >= 11 is 0. The second-order valence-corrected chi connectivity index (χ2v) is 8.54. The standard InChI is InChI=1S/C25H22F3N7O/c26-25(27,28)17-9-10-31-19(13-17)33-24(36)16-3-1-14(2-4-16)20-21-22(30)32-11-12-35(21)23(34-20)15-5-7-18(29)8-6-15/h1-5,9-13,18H,6-8,29H2,(H2,30,32)(H,31,33,36). The van der Waals surface area contributed by atoms with Gasteiger partial charge in [-0.25, -0.2) is 15.0 Å². The predicted octanol–water partition coefficient (Wildman–Crippen LogP) is 4.54. The van der Waals surface area contributed by atoms with E-state index in [1.807, 2.05) is 4.40 Å². The van der Waals surface area contributed by atoms with Crippen LogP contribution in [-0.2, 0) is 6.18 Å². The molecule has 0 radical (unpaired) electrons. The van der Waals surface area contributed by atoms with Gasteiger partial charge in [0, 0.05) is 35.8 Å². The van der Waals surface area contributed by atoms with Gasteiger partial charge in [-0.1, -0.05) is 18.2 Å². The number of hydrogen-bond acceptors (Lipinski definition) is 6. The van der Waals surface area contributed by atoms with Crippen molar-refractivity contribution in [3.8, 4) is 11.3 Å². The number of hydrogen-bond donors (Lipinski definition) is 3. The van der Waals surface area contributed by atoms with Crippen LogP contribution in [0.2, 0.25) is 0 Å². The lowest BCUT2D eigenvalue weighted by atomic mass is 9.95. The number of nitrogens with zero attached hydrogens (tertiary/aromatic N) is 4. The topological polar surface area (TPSA) is 124 Å². The second-order valence-electron chi connectivity index (χ2n) is 8.54. The maximum atomic E-state index is 12.9. The molecule has 1 aromatic carbocycles. The molecule has 0 bridgehead atoms. The number of fused-ring (bicyclic) bond motifs is 1. The number of anilines is 2. The third-order valence-electron chi connectivity index (χ3n) is 6.07. The van der Waals surface area contributed by atoms with Crippen LogP contribution >= 0.6 is 0 Å². The van der Waals surface area contributed by atoms with Gasteiger partial charge < -0.3 is 16.8 Å². The van der Waals surface area contributed by atoms with E-state index < -0.39 is 17.6 Å². The fourth-order valence-corrected chi connectivity index (χ4v) is 4.19. The van der Waals surface area contributed by atoms with Gasteiger partial charge >= 0.3 is 6.18 Å². The first kappa shape index (κ1) is 23.5. The average Bonchev–Trinajstić information content (AvgIpc) is 3.25. The van der Waals surface area contributed by atoms with Crippen LogP contribution in [0.4, 0.5) is 24.8 Å². The van der Waals surface area contributed by atoms with Crippen LogP contribution in [0.25, 0.3) is 22.3 Å². The molecule has 0 saturated heterocycles. The fourth-order valence-electron chi connectivity index (χ4n) is 4.19. The Labute approximate surface area is 203 Å². The largest absolute Gasteiger partial charge is 0.416 e. The van der Waals surface area contributed by atoms with E-state index in [0.717, 1.165) is 49.0 Å². The lowest BCUT2D eigenvalue weighted by Gasteiger charge is -2.17. The molecule has 1 amide bonds. The number of imidazole rings is 1. The van der Waals surface area contributed by atoms with Crippen LogP contribution < -0.4 is 16.8 Å². The number of halogens is 3. The lowest BCUT2D eigenvalue weighted by Crippen LogP contribution is -2.21. The zero-order valence-corrected chi connectivity index (χ0v) is 19.0. The number of carbonyl (C=O) groups is 1. The number of benzene rings is 1. The summed E-state index contributed by atoms with van der Waals surface area (Å²) in [5, 5.41) is 2.40. The summed E-state index contributed by atoms with van der Waals surface area (Å²) in [5.41, 5.74) is 14.6. The van der Waals surface area contributed by atoms with Crippen molar-refractivity contribution in [2.45, 2.75) is 31.5 Å². The Bertz CT molecular complexity index is 1480. The van der Waals surface area contributed by atoms with Gasteiger partial charge in [-0.15, -0.1) is 0 Å². The van der Waals surface area contributed by atoms with Gasteiger partial charge in [0.05, 0.1) is 5.56 Å². The number of nitrogen functional groups attached to an aromatic ring is 1. The molecule has 1 atom stereocenters. The number of pyridine rings is 1. The quantitative estimate of drug-likeness (QED) is 0.384. The molecule has 36 heavy (non-hydrogen) atoms. The number of nitrogens with two attached hydrogens (primary N) is 2. The van der Waals surface area contributed by atoms with E-state index in [2.05, 4.69) is 21.4 Å². The highest BCUT2D eigenvalue weighted by molar-refractivity contribution is 6.04. The number of aromatic nitrogens is 4. The van der Waals surface area contributed by atoms with E-state index in [1.165, 1.54) is 0 Å². The van der Waals surface area contributed by atoms with Crippen molar-refractivity contribution >= 4 is 28.6 Å². The Morgan fingerprint density at radius 2 is 1.89 bits per heavy atom. The molecule has 3 heterocycles. The van der Waals surface area contributed by atoms with E-state index in [-0.39, 0.29) is 17.4 Å². The zero-order chi connectivity index (χ0) is 25.4. The first-order chi connectivity index (χ1) is 17.2. The number of allylic oxidation sites excluding steroid dienone is 1. The van der Waals surface area contributed by atoms with E-state index in [1.54, 1.807) is 36.7 Å². The molecule has 11 heteroatoms. The Morgan fingerprint density at radius 1 is 1.11 bits per heavy atom. The highest BCUT2D eigenvalue weighted by atomic mass is 19.4. The SMILES string of the molecule is Nc1nccn2c(C3=CCC(N)CC3)nc(-c3ccc(C(=O)Nc4cc(C(F)(F)F)ccn4)cc3)c12. The Morgan fingerprint density at radius 3 is 2.58 bits per heavy atom. The third-order valence-corrected chi connectivity index (χ3v) is 6.07. The van der Waals surface area contributed by atoms with E-state index in [9.17, 15) is 18.0 Å². The van der Waals surface area contributed by atoms with Crippen molar-refractivity contribution in [1.82, 2.24) is 19.4 Å². The van der Waals surface area contributed by atoms with Gasteiger partial charge in [-0.2, -0.15) is 13.2 Å². The van der Waals surface area contributed by atoms with Crippen molar-refractivity contribution in [2.24, 2.45) is 5.73 Å². The number of amides is 1. The summed E-state index contributed by atoms with van der Waals surface area (Å²) in [6, 6.07) is 8.30. The molecule has 1 unspecified atom stereocenters. The Kier molecular flexibility index (Phi) is 5.92. The maximum absolute atomic E-state index is 12.9. The van der Waals surface area contributed by atoms with Gasteiger partial charge in [0.15, 0.2) is 0 Å². The van der Waals surface area contributed by atoms with E-state index in [0.29, 0.717) is 22.6 Å². The van der Waals surface area contributed by atoms with Crippen molar-refractivity contribution in [3.05, 3.63) is 78.0 Å². The molecule has 8 nitrogen and oxygen atoms in total. The maximum Gasteiger partial charge on any atom is 0.416 e. The fraction of sp³-hybridized carbons (Fsp3) is 0.200. The van der Waals surface area contributed by atoms with Crippen molar-refractivity contribution in [3.63, 3.8) is 0 Å². The smallest absolute Gasteiger partial charge is 0.382 e. The summed E-state index contributed by atoms with van der Waals surface area (Å²) in [7, 11) is 0. The van der Waals surface area contributed by atoms with Crippen LogP contribution in [0.5, 0.6) is 0 Å². The second kappa shape index (κ2) is 9.08. The van der Waals surface area contributed by atoms with Crippen molar-refractivity contribution < 1.29 is 18.0 Å². The summed E-state index contributed by atoms with van der Waals surface area (Å²) in [5.74, 6) is 0.298. The van der Waals surface area contributed by atoms with Gasteiger partial charge in [-0.05, 0) is 49.1 Å². The zero-order valence-electron chi connectivity index (χ0n) is 19.0. The normalized spacial score (nSPS) is 16.1. The highest BCUT2D eigenvalue weighted by Crippen LogP contribution is 2.34. The molecule has 4 aromatic rings. The predicted molar refractivity (Wildman–Crippen MR) is 130 cm³/mol. The minimum atomic E-state index is -4.54. The summed E-state index contributed by atoms with van der Waals surface area (Å²) in [6.45, 7) is 0. The van der Waals surface area contributed by atoms with Crippen molar-refractivity contribution in [1.29, 1.82) is 0 Å². The molecular formula is C25H22F3N7O. The van der Waals surface area contributed by atoms with Gasteiger partial charge in [-0.3, -0.25) is 9.20 Å². The van der Waals surface area contributed by atoms with Crippen molar-refractivity contribution in [2.75, 3.05) is 11.1 Å². The third kappa shape index (κ3) is 4.52. The molecule has 5 N–H and O–H groups in total. The number of carbonyl (C=O) groups excluding carboxylic acids is 1. The first-order valence-corrected chi connectivity index (χ1v) is 11.2. The molecule has 0 saturated carbocycles. The van der Waals surface area contributed by atoms with Crippen LogP contribution in [0.1, 0.15) is 41.0 Å².